The van der Waals surface area contributed by atoms with E-state index in [1.807, 2.05) is 30.9 Å². The summed E-state index contributed by atoms with van der Waals surface area (Å²) in [5.41, 5.74) is 0.154. The van der Waals surface area contributed by atoms with E-state index in [0.29, 0.717) is 0 Å². The molecule has 2 aromatic heterocycles. The van der Waals surface area contributed by atoms with Crippen LogP contribution in [0.3, 0.4) is 0 Å². The van der Waals surface area contributed by atoms with Crippen LogP contribution in [0, 0.1) is 5.41 Å². The normalized spacial score (nSPS) is 25.3. The molecule has 0 bridgehead atoms. The summed E-state index contributed by atoms with van der Waals surface area (Å²) in [6.45, 7) is 6.36. The topological polar surface area (TPSA) is 59.3 Å². The van der Waals surface area contributed by atoms with E-state index in [2.05, 4.69) is 36.4 Å². The van der Waals surface area contributed by atoms with Gasteiger partial charge in [-0.2, -0.15) is 0 Å². The Morgan fingerprint density at radius 2 is 2.00 bits per heavy atom. The van der Waals surface area contributed by atoms with Crippen LogP contribution in [0.4, 0.5) is 5.95 Å². The molecule has 128 valence electrons. The zero-order valence-corrected chi connectivity index (χ0v) is 14.1. The second kappa shape index (κ2) is 6.49. The minimum atomic E-state index is 0.154. The van der Waals surface area contributed by atoms with Crippen LogP contribution < -0.4 is 4.90 Å². The Hall–Kier alpha value is -1.99. The van der Waals surface area contributed by atoms with Crippen LogP contribution in [0.25, 0.3) is 0 Å². The smallest absolute Gasteiger partial charge is 0.225 e. The lowest BCUT2D eigenvalue weighted by atomic mass is 9.87. The summed E-state index contributed by atoms with van der Waals surface area (Å²) in [4.78, 5) is 18.1. The van der Waals surface area contributed by atoms with Crippen molar-refractivity contribution >= 4 is 5.95 Å². The number of imidazole rings is 1. The first-order valence-electron chi connectivity index (χ1n) is 8.52. The van der Waals surface area contributed by atoms with Gasteiger partial charge in [0.2, 0.25) is 5.95 Å². The molecule has 2 aliphatic heterocycles. The molecule has 7 heteroatoms. The van der Waals surface area contributed by atoms with Crippen LogP contribution in [0.5, 0.6) is 0 Å². The highest BCUT2D eigenvalue weighted by molar-refractivity contribution is 5.30. The molecule has 0 aliphatic carbocycles. The Labute approximate surface area is 142 Å². The van der Waals surface area contributed by atoms with Crippen molar-refractivity contribution in [3.63, 3.8) is 0 Å². The number of likely N-dealkylation sites (tertiary alicyclic amines) is 1. The molecule has 0 N–H and O–H groups in total. The molecule has 0 aromatic carbocycles. The highest BCUT2D eigenvalue weighted by atomic mass is 16.5. The molecule has 24 heavy (non-hydrogen) atoms. The van der Waals surface area contributed by atoms with E-state index < -0.39 is 0 Å². The zero-order valence-electron chi connectivity index (χ0n) is 14.1. The van der Waals surface area contributed by atoms with Gasteiger partial charge in [0.1, 0.15) is 5.82 Å². The minimum Gasteiger partial charge on any atom is -0.379 e. The van der Waals surface area contributed by atoms with Crippen LogP contribution in [-0.2, 0) is 18.3 Å². The number of rotatable bonds is 3. The molecule has 7 nitrogen and oxygen atoms in total. The molecule has 0 saturated carbocycles. The van der Waals surface area contributed by atoms with E-state index in [1.54, 1.807) is 0 Å². The summed E-state index contributed by atoms with van der Waals surface area (Å²) in [5.74, 6) is 1.93. The summed E-state index contributed by atoms with van der Waals surface area (Å²) in [6, 6.07) is 1.86. The van der Waals surface area contributed by atoms with Crippen LogP contribution in [0.15, 0.2) is 30.9 Å². The molecule has 1 spiro atoms. The summed E-state index contributed by atoms with van der Waals surface area (Å²) in [7, 11) is 2.05. The maximum atomic E-state index is 5.95. The number of aromatic nitrogens is 4. The van der Waals surface area contributed by atoms with Gasteiger partial charge in [-0.05, 0) is 19.0 Å². The number of hydrogen-bond donors (Lipinski definition) is 0. The number of aryl methyl sites for hydroxylation is 1. The van der Waals surface area contributed by atoms with E-state index in [9.17, 15) is 0 Å². The van der Waals surface area contributed by atoms with Crippen LogP contribution in [0.1, 0.15) is 12.2 Å². The lowest BCUT2D eigenvalue weighted by Crippen LogP contribution is -2.41. The van der Waals surface area contributed by atoms with Gasteiger partial charge < -0.3 is 14.2 Å². The Balaban J connectivity index is 1.47. The molecule has 4 heterocycles. The second-order valence-corrected chi connectivity index (χ2v) is 6.94. The van der Waals surface area contributed by atoms with Gasteiger partial charge in [-0.1, -0.05) is 0 Å². The van der Waals surface area contributed by atoms with Crippen molar-refractivity contribution in [1.29, 1.82) is 0 Å². The van der Waals surface area contributed by atoms with Crippen molar-refractivity contribution in [1.82, 2.24) is 24.4 Å². The van der Waals surface area contributed by atoms with Gasteiger partial charge in [-0.25, -0.2) is 15.0 Å². The molecule has 4 rings (SSSR count). The Kier molecular flexibility index (Phi) is 4.20. The van der Waals surface area contributed by atoms with Gasteiger partial charge in [0.15, 0.2) is 0 Å². The average molecular weight is 328 g/mol. The Bertz CT molecular complexity index is 675. The third-order valence-corrected chi connectivity index (χ3v) is 5.08. The first-order chi connectivity index (χ1) is 11.7. The van der Waals surface area contributed by atoms with Crippen LogP contribution in [0.2, 0.25) is 0 Å². The predicted molar refractivity (Wildman–Crippen MR) is 90.6 cm³/mol. The van der Waals surface area contributed by atoms with E-state index in [-0.39, 0.29) is 5.41 Å². The molecular formula is C17H24N6O. The largest absolute Gasteiger partial charge is 0.379 e. The summed E-state index contributed by atoms with van der Waals surface area (Å²) in [6.07, 6.45) is 8.63. The van der Waals surface area contributed by atoms with Gasteiger partial charge in [-0.3, -0.25) is 4.90 Å². The molecule has 0 radical (unpaired) electrons. The molecular weight excluding hydrogens is 304 g/mol. The highest BCUT2D eigenvalue weighted by Crippen LogP contribution is 2.34. The molecule has 0 unspecified atom stereocenters. The first-order valence-corrected chi connectivity index (χ1v) is 8.52. The monoisotopic (exact) mass is 328 g/mol. The highest BCUT2D eigenvalue weighted by Gasteiger charge is 2.41. The lowest BCUT2D eigenvalue weighted by molar-refractivity contribution is 0.0727. The Morgan fingerprint density at radius 3 is 2.79 bits per heavy atom. The first kappa shape index (κ1) is 15.5. The molecule has 0 amide bonds. The fourth-order valence-corrected chi connectivity index (χ4v) is 3.78. The average Bonchev–Trinajstić information content (AvgIpc) is 3.11. The van der Waals surface area contributed by atoms with E-state index in [1.165, 1.54) is 0 Å². The number of anilines is 1. The van der Waals surface area contributed by atoms with Gasteiger partial charge >= 0.3 is 0 Å². The molecule has 2 aromatic rings. The summed E-state index contributed by atoms with van der Waals surface area (Å²) < 4.78 is 8.04. The lowest BCUT2D eigenvalue weighted by Gasteiger charge is -2.31. The summed E-state index contributed by atoms with van der Waals surface area (Å²) in [5, 5.41) is 0. The van der Waals surface area contributed by atoms with Crippen molar-refractivity contribution in [2.24, 2.45) is 12.5 Å². The molecule has 2 fully saturated rings. The van der Waals surface area contributed by atoms with Gasteiger partial charge in [0, 0.05) is 56.9 Å². The fourth-order valence-electron chi connectivity index (χ4n) is 3.78. The third-order valence-electron chi connectivity index (χ3n) is 5.08. The second-order valence-electron chi connectivity index (χ2n) is 6.94. The van der Waals surface area contributed by atoms with Crippen LogP contribution in [-0.4, -0.2) is 63.8 Å². The minimum absolute atomic E-state index is 0.154. The van der Waals surface area contributed by atoms with Crippen molar-refractivity contribution in [2.45, 2.75) is 13.0 Å². The summed E-state index contributed by atoms with van der Waals surface area (Å²) >= 11 is 0. The van der Waals surface area contributed by atoms with Crippen molar-refractivity contribution in [2.75, 3.05) is 44.3 Å². The molecule has 2 saturated heterocycles. The molecule has 1 atom stereocenters. The third kappa shape index (κ3) is 3.14. The maximum Gasteiger partial charge on any atom is 0.225 e. The molecule has 2 aliphatic rings. The van der Waals surface area contributed by atoms with Crippen molar-refractivity contribution in [3.05, 3.63) is 36.7 Å². The number of nitrogens with zero attached hydrogens (tertiary/aromatic N) is 6. The Morgan fingerprint density at radius 1 is 1.12 bits per heavy atom. The number of hydrogen-bond acceptors (Lipinski definition) is 6. The zero-order chi connectivity index (χ0) is 16.4. The maximum absolute atomic E-state index is 5.95. The van der Waals surface area contributed by atoms with Gasteiger partial charge in [-0.15, -0.1) is 0 Å². The quantitative estimate of drug-likeness (QED) is 0.836. The standard InChI is InChI=1S/C17H24N6O/c1-21-8-6-18-15(21)11-22-7-3-17(12-22)13-23(9-10-24-14-17)16-19-4-2-5-20-16/h2,4-6,8H,3,7,9-14H2,1H3/t17-/m1/s1. The van der Waals surface area contributed by atoms with Crippen molar-refractivity contribution < 1.29 is 4.74 Å². The van der Waals surface area contributed by atoms with Crippen molar-refractivity contribution in [3.8, 4) is 0 Å². The van der Waals surface area contributed by atoms with E-state index >= 15 is 0 Å². The van der Waals surface area contributed by atoms with Gasteiger partial charge in [0.25, 0.3) is 0 Å². The van der Waals surface area contributed by atoms with Crippen LogP contribution >= 0.6 is 0 Å². The predicted octanol–water partition coefficient (Wildman–Crippen LogP) is 0.939. The van der Waals surface area contributed by atoms with Gasteiger partial charge in [0.05, 0.1) is 19.8 Å². The van der Waals surface area contributed by atoms with E-state index in [0.717, 1.165) is 64.1 Å². The SMILES string of the molecule is Cn1ccnc1CN1CC[C@@]2(COCCN(c3ncccn3)C2)C1. The number of ether oxygens (including phenoxy) is 1. The fraction of sp³-hybridized carbons (Fsp3) is 0.588. The van der Waals surface area contributed by atoms with E-state index in [4.69, 9.17) is 4.74 Å².